The van der Waals surface area contributed by atoms with Crippen molar-refractivity contribution in [2.24, 2.45) is 0 Å². The number of amides is 1. The summed E-state index contributed by atoms with van der Waals surface area (Å²) in [6.07, 6.45) is -0.0605. The maximum atomic E-state index is 13.1. The number of para-hydroxylation sites is 1. The van der Waals surface area contributed by atoms with Crippen molar-refractivity contribution in [3.8, 4) is 11.5 Å². The SMILES string of the molecule is COc1cc(C(=O)N(C)[C@H](C)c2nc3ccccc3s2)cc(Cl)c1OC(C)C. The molecule has 1 heterocycles. The van der Waals surface area contributed by atoms with Crippen LogP contribution in [0.1, 0.15) is 42.2 Å². The van der Waals surface area contributed by atoms with E-state index in [-0.39, 0.29) is 18.1 Å². The van der Waals surface area contributed by atoms with Gasteiger partial charge in [-0.25, -0.2) is 4.98 Å². The third-order valence-corrected chi connectivity index (χ3v) is 5.89. The molecule has 0 aliphatic rings. The van der Waals surface area contributed by atoms with Crippen molar-refractivity contribution >= 4 is 39.1 Å². The Bertz CT molecular complexity index is 969. The molecule has 3 rings (SSSR count). The van der Waals surface area contributed by atoms with Gasteiger partial charge in [0.05, 0.1) is 34.5 Å². The normalized spacial score (nSPS) is 12.2. The maximum Gasteiger partial charge on any atom is 0.254 e. The van der Waals surface area contributed by atoms with E-state index in [2.05, 4.69) is 4.98 Å². The molecule has 5 nitrogen and oxygen atoms in total. The standard InChI is InChI=1S/C21H23ClN2O3S/c1-12(2)27-19-15(22)10-14(11-17(19)26-5)21(25)24(4)13(3)20-23-16-8-6-7-9-18(16)28-20/h6-13H,1-5H3/t13-/m1/s1. The number of ether oxygens (including phenoxy) is 2. The number of carbonyl (C=O) groups is 1. The highest BCUT2D eigenvalue weighted by molar-refractivity contribution is 7.18. The fraction of sp³-hybridized carbons (Fsp3) is 0.333. The van der Waals surface area contributed by atoms with Gasteiger partial charge in [0.2, 0.25) is 0 Å². The Labute approximate surface area is 173 Å². The molecular formula is C21H23ClN2O3S. The van der Waals surface area contributed by atoms with Gasteiger partial charge in [-0.1, -0.05) is 23.7 Å². The van der Waals surface area contributed by atoms with Crippen LogP contribution in [0, 0.1) is 0 Å². The number of hydrogen-bond donors (Lipinski definition) is 0. The number of nitrogens with zero attached hydrogens (tertiary/aromatic N) is 2. The molecule has 0 saturated carbocycles. The molecule has 0 unspecified atom stereocenters. The van der Waals surface area contributed by atoms with Gasteiger partial charge < -0.3 is 14.4 Å². The summed E-state index contributed by atoms with van der Waals surface area (Å²) in [5.41, 5.74) is 1.38. The highest BCUT2D eigenvalue weighted by atomic mass is 35.5. The first-order valence-electron chi connectivity index (χ1n) is 8.98. The number of aromatic nitrogens is 1. The molecule has 28 heavy (non-hydrogen) atoms. The summed E-state index contributed by atoms with van der Waals surface area (Å²) in [4.78, 5) is 19.4. The van der Waals surface area contributed by atoms with Crippen LogP contribution >= 0.6 is 22.9 Å². The molecular weight excluding hydrogens is 396 g/mol. The average molecular weight is 419 g/mol. The van der Waals surface area contributed by atoms with Crippen LogP contribution in [0.5, 0.6) is 11.5 Å². The summed E-state index contributed by atoms with van der Waals surface area (Å²) in [6, 6.07) is 11.0. The third-order valence-electron chi connectivity index (χ3n) is 4.40. The smallest absolute Gasteiger partial charge is 0.254 e. The Kier molecular flexibility index (Phi) is 6.10. The monoisotopic (exact) mass is 418 g/mol. The number of hydrogen-bond acceptors (Lipinski definition) is 5. The summed E-state index contributed by atoms with van der Waals surface area (Å²) in [5, 5.41) is 1.23. The molecule has 0 saturated heterocycles. The molecule has 0 spiro atoms. The van der Waals surface area contributed by atoms with Crippen LogP contribution in [-0.4, -0.2) is 36.1 Å². The van der Waals surface area contributed by atoms with E-state index in [1.807, 2.05) is 45.0 Å². The van der Waals surface area contributed by atoms with E-state index in [0.29, 0.717) is 22.1 Å². The van der Waals surface area contributed by atoms with Crippen LogP contribution in [0.15, 0.2) is 36.4 Å². The first kappa shape index (κ1) is 20.4. The second-order valence-corrected chi connectivity index (χ2v) is 8.24. The number of methoxy groups -OCH3 is 1. The third kappa shape index (κ3) is 4.08. The molecule has 7 heteroatoms. The highest BCUT2D eigenvalue weighted by Gasteiger charge is 2.24. The van der Waals surface area contributed by atoms with Gasteiger partial charge in [-0.3, -0.25) is 4.79 Å². The molecule has 1 amide bonds. The Hall–Kier alpha value is -2.31. The zero-order chi connectivity index (χ0) is 20.4. The first-order valence-corrected chi connectivity index (χ1v) is 10.2. The molecule has 3 aromatic rings. The Morgan fingerprint density at radius 3 is 2.57 bits per heavy atom. The number of fused-ring (bicyclic) bond motifs is 1. The predicted octanol–water partition coefficient (Wildman–Crippen LogP) is 5.58. The number of thiazole rings is 1. The molecule has 148 valence electrons. The van der Waals surface area contributed by atoms with Crippen molar-refractivity contribution in [1.29, 1.82) is 0 Å². The van der Waals surface area contributed by atoms with Crippen molar-refractivity contribution in [1.82, 2.24) is 9.88 Å². The van der Waals surface area contributed by atoms with E-state index in [4.69, 9.17) is 21.1 Å². The number of rotatable bonds is 6. The van der Waals surface area contributed by atoms with Gasteiger partial charge in [-0.05, 0) is 45.0 Å². The lowest BCUT2D eigenvalue weighted by Crippen LogP contribution is -2.29. The second kappa shape index (κ2) is 8.37. The molecule has 0 N–H and O–H groups in total. The van der Waals surface area contributed by atoms with Gasteiger partial charge in [-0.15, -0.1) is 11.3 Å². The fourth-order valence-electron chi connectivity index (χ4n) is 2.81. The lowest BCUT2D eigenvalue weighted by Gasteiger charge is -2.24. The van der Waals surface area contributed by atoms with Crippen molar-refractivity contribution in [3.05, 3.63) is 52.0 Å². The topological polar surface area (TPSA) is 51.7 Å². The van der Waals surface area contributed by atoms with Crippen molar-refractivity contribution < 1.29 is 14.3 Å². The summed E-state index contributed by atoms with van der Waals surface area (Å²) < 4.78 is 12.2. The molecule has 2 aromatic carbocycles. The van der Waals surface area contributed by atoms with Gasteiger partial charge in [0, 0.05) is 12.6 Å². The Morgan fingerprint density at radius 2 is 1.93 bits per heavy atom. The van der Waals surface area contributed by atoms with E-state index in [1.54, 1.807) is 35.4 Å². The van der Waals surface area contributed by atoms with Crippen LogP contribution in [-0.2, 0) is 0 Å². The molecule has 0 fully saturated rings. The Balaban J connectivity index is 1.88. The van der Waals surface area contributed by atoms with Crippen LogP contribution in [0.25, 0.3) is 10.2 Å². The van der Waals surface area contributed by atoms with Crippen LogP contribution in [0.4, 0.5) is 0 Å². The predicted molar refractivity (Wildman–Crippen MR) is 114 cm³/mol. The summed E-state index contributed by atoms with van der Waals surface area (Å²) in [7, 11) is 3.29. The number of halogens is 1. The molecule has 1 aromatic heterocycles. The molecule has 0 aliphatic heterocycles. The second-order valence-electron chi connectivity index (χ2n) is 6.77. The van der Waals surface area contributed by atoms with E-state index in [0.717, 1.165) is 15.2 Å². The quantitative estimate of drug-likeness (QED) is 0.524. The lowest BCUT2D eigenvalue weighted by atomic mass is 10.1. The van der Waals surface area contributed by atoms with Crippen LogP contribution < -0.4 is 9.47 Å². The van der Waals surface area contributed by atoms with E-state index >= 15 is 0 Å². The highest BCUT2D eigenvalue weighted by Crippen LogP contribution is 2.38. The van der Waals surface area contributed by atoms with Gasteiger partial charge in [0.15, 0.2) is 11.5 Å². The maximum absolute atomic E-state index is 13.1. The number of carbonyl (C=O) groups excluding carboxylic acids is 1. The lowest BCUT2D eigenvalue weighted by molar-refractivity contribution is 0.0742. The summed E-state index contributed by atoms with van der Waals surface area (Å²) in [6.45, 7) is 5.77. The average Bonchev–Trinajstić information content (AvgIpc) is 3.11. The zero-order valence-corrected chi connectivity index (χ0v) is 18.1. The fourth-order valence-corrected chi connectivity index (χ4v) is 4.13. The molecule has 0 radical (unpaired) electrons. The van der Waals surface area contributed by atoms with Gasteiger partial charge in [0.1, 0.15) is 5.01 Å². The molecule has 0 aliphatic carbocycles. The van der Waals surface area contributed by atoms with Gasteiger partial charge >= 0.3 is 0 Å². The largest absolute Gasteiger partial charge is 0.493 e. The van der Waals surface area contributed by atoms with Crippen LogP contribution in [0.2, 0.25) is 5.02 Å². The van der Waals surface area contributed by atoms with E-state index in [1.165, 1.54) is 7.11 Å². The number of benzene rings is 2. The van der Waals surface area contributed by atoms with Crippen molar-refractivity contribution in [3.63, 3.8) is 0 Å². The zero-order valence-electron chi connectivity index (χ0n) is 16.5. The van der Waals surface area contributed by atoms with Gasteiger partial charge in [-0.2, -0.15) is 0 Å². The van der Waals surface area contributed by atoms with Crippen LogP contribution in [0.3, 0.4) is 0 Å². The van der Waals surface area contributed by atoms with Crippen molar-refractivity contribution in [2.45, 2.75) is 32.9 Å². The minimum Gasteiger partial charge on any atom is -0.493 e. The minimum atomic E-state index is -0.179. The van der Waals surface area contributed by atoms with Gasteiger partial charge in [0.25, 0.3) is 5.91 Å². The van der Waals surface area contributed by atoms with E-state index in [9.17, 15) is 4.79 Å². The first-order chi connectivity index (χ1) is 13.3. The molecule has 0 bridgehead atoms. The summed E-state index contributed by atoms with van der Waals surface area (Å²) in [5.74, 6) is 0.714. The molecule has 1 atom stereocenters. The summed E-state index contributed by atoms with van der Waals surface area (Å²) >= 11 is 7.96. The van der Waals surface area contributed by atoms with E-state index < -0.39 is 0 Å². The minimum absolute atomic E-state index is 0.0605. The van der Waals surface area contributed by atoms with Crippen molar-refractivity contribution in [2.75, 3.05) is 14.2 Å². The Morgan fingerprint density at radius 1 is 1.21 bits per heavy atom.